The van der Waals surface area contributed by atoms with E-state index in [1.54, 1.807) is 5.82 Å². The molecule has 0 fully saturated rings. The maximum absolute atomic E-state index is 11.1. The van der Waals surface area contributed by atoms with Gasteiger partial charge in [-0.2, -0.15) is 4.67 Å². The summed E-state index contributed by atoms with van der Waals surface area (Å²) in [6.45, 7) is 0. The molecule has 0 amide bonds. The predicted octanol–water partition coefficient (Wildman–Crippen LogP) is 2.08. The second-order valence-electron chi connectivity index (χ2n) is 2.05. The van der Waals surface area contributed by atoms with Gasteiger partial charge in [0.15, 0.2) is 5.78 Å². The number of ketones is 1. The minimum atomic E-state index is -0.118. The van der Waals surface area contributed by atoms with Crippen LogP contribution in [-0.2, 0) is 29.5 Å². The van der Waals surface area contributed by atoms with Crippen LogP contribution < -0.4 is 0 Å². The highest BCUT2D eigenvalue weighted by Gasteiger charge is 1.92. The van der Waals surface area contributed by atoms with Gasteiger partial charge in [0, 0.05) is 10.1 Å². The van der Waals surface area contributed by atoms with E-state index in [9.17, 15) is 4.79 Å². The fraction of sp³-hybridized carbons (Fsp3) is 0. The lowest BCUT2D eigenvalue weighted by molar-refractivity contribution is -0.681. The Balaban J connectivity index is 2.42. The third kappa shape index (κ3) is 7.33. The van der Waals surface area contributed by atoms with Crippen LogP contribution >= 0.6 is 16.8 Å². The summed E-state index contributed by atoms with van der Waals surface area (Å²) >= 11 is 0. The van der Waals surface area contributed by atoms with Gasteiger partial charge in [-0.25, -0.2) is 0 Å². The van der Waals surface area contributed by atoms with Gasteiger partial charge in [-0.05, 0) is 31.5 Å². The van der Waals surface area contributed by atoms with Crippen molar-refractivity contribution in [2.75, 3.05) is 0 Å². The highest BCUT2D eigenvalue weighted by Crippen LogP contribution is 2.38. The summed E-state index contributed by atoms with van der Waals surface area (Å²) in [6, 6.07) is 0. The molecule has 0 bridgehead atoms. The number of rotatable bonds is 0. The Morgan fingerprint density at radius 1 is 1.07 bits per heavy atom. The fourth-order valence-corrected chi connectivity index (χ4v) is 1.67. The van der Waals surface area contributed by atoms with Crippen LogP contribution in [0.25, 0.3) is 0 Å². The molecule has 15 heavy (non-hydrogen) atoms. The van der Waals surface area contributed by atoms with Crippen LogP contribution in [0.5, 0.6) is 0 Å². The second kappa shape index (κ2) is 8.68. The Labute approximate surface area is 89.1 Å². The van der Waals surface area contributed by atoms with E-state index in [2.05, 4.69) is 24.7 Å². The van der Waals surface area contributed by atoms with Gasteiger partial charge < -0.3 is 4.89 Å². The molecule has 82 valence electrons. The minimum Gasteiger partial charge on any atom is -0.314 e. The molecular formula is C7H8O6P2. The minimum absolute atomic E-state index is 0.0270. The first kappa shape index (κ1) is 12.5. The zero-order chi connectivity index (χ0) is 10.8. The molecule has 1 aliphatic rings. The van der Waals surface area contributed by atoms with Gasteiger partial charge in [-0.15, -0.1) is 0 Å². The van der Waals surface area contributed by atoms with Crippen molar-refractivity contribution in [3.05, 3.63) is 36.4 Å². The molecule has 0 saturated heterocycles. The number of hydrogen-bond donors (Lipinski definition) is 0. The van der Waals surface area contributed by atoms with E-state index in [0.29, 0.717) is 8.27 Å². The lowest BCUT2D eigenvalue weighted by Crippen LogP contribution is -1.91. The van der Waals surface area contributed by atoms with Crippen molar-refractivity contribution >= 4 is 22.5 Å². The van der Waals surface area contributed by atoms with E-state index in [4.69, 9.17) is 0 Å². The van der Waals surface area contributed by atoms with Crippen LogP contribution in [0.3, 0.4) is 0 Å². The van der Waals surface area contributed by atoms with Crippen LogP contribution in [0.15, 0.2) is 36.4 Å². The maximum atomic E-state index is 11.1. The predicted molar refractivity (Wildman–Crippen MR) is 54.5 cm³/mol. The SMILES string of the molecule is O=C1C=CC=COOOOOPPC=C1. The molecule has 2 unspecified atom stereocenters. The summed E-state index contributed by atoms with van der Waals surface area (Å²) in [7, 11) is 0.337. The molecule has 0 aromatic carbocycles. The molecule has 1 heterocycles. The summed E-state index contributed by atoms with van der Waals surface area (Å²) in [5.41, 5.74) is 0. The summed E-state index contributed by atoms with van der Waals surface area (Å²) in [5, 5.41) is 12.1. The van der Waals surface area contributed by atoms with Crippen molar-refractivity contribution in [1.82, 2.24) is 0 Å². The van der Waals surface area contributed by atoms with Crippen LogP contribution in [0.4, 0.5) is 0 Å². The number of allylic oxidation sites excluding steroid dienone is 4. The Kier molecular flexibility index (Phi) is 7.21. The molecular weight excluding hydrogens is 242 g/mol. The standard InChI is InChI=1S/C7H8O6P2/c8-7-3-1-2-5-9-10-11-12-13-15-14-6-4-7/h1-6,14-15H. The third-order valence-corrected chi connectivity index (χ3v) is 2.77. The average molecular weight is 250 g/mol. The topological polar surface area (TPSA) is 63.2 Å². The summed E-state index contributed by atoms with van der Waals surface area (Å²) in [5.74, 6) is 1.58. The van der Waals surface area contributed by atoms with E-state index in [0.717, 1.165) is 6.26 Å². The Morgan fingerprint density at radius 3 is 2.93 bits per heavy atom. The van der Waals surface area contributed by atoms with Gasteiger partial charge in [0.1, 0.15) is 6.26 Å². The molecule has 0 N–H and O–H groups in total. The van der Waals surface area contributed by atoms with Crippen LogP contribution in [-0.4, -0.2) is 5.78 Å². The van der Waals surface area contributed by atoms with Gasteiger partial charge in [0.25, 0.3) is 0 Å². The molecule has 1 rings (SSSR count). The van der Waals surface area contributed by atoms with Crippen molar-refractivity contribution < 1.29 is 29.5 Å². The maximum Gasteiger partial charge on any atom is 0.178 e. The summed E-state index contributed by atoms with van der Waals surface area (Å²) in [4.78, 5) is 15.4. The smallest absolute Gasteiger partial charge is 0.178 e. The molecule has 0 aromatic rings. The molecule has 0 aromatic heterocycles. The number of carbonyl (C=O) groups is 1. The van der Waals surface area contributed by atoms with Gasteiger partial charge in [0.05, 0.1) is 8.50 Å². The zero-order valence-electron chi connectivity index (χ0n) is 7.41. The lowest BCUT2D eigenvalue weighted by Gasteiger charge is -1.98. The van der Waals surface area contributed by atoms with E-state index >= 15 is 0 Å². The van der Waals surface area contributed by atoms with Crippen LogP contribution in [0, 0.1) is 0 Å². The van der Waals surface area contributed by atoms with Gasteiger partial charge >= 0.3 is 0 Å². The highest BCUT2D eigenvalue weighted by molar-refractivity contribution is 8.11. The lowest BCUT2D eigenvalue weighted by atomic mass is 10.3. The molecule has 8 heteroatoms. The molecule has 6 nitrogen and oxygen atoms in total. The van der Waals surface area contributed by atoms with Crippen molar-refractivity contribution in [1.29, 1.82) is 0 Å². The first-order valence-electron chi connectivity index (χ1n) is 3.76. The van der Waals surface area contributed by atoms with Crippen molar-refractivity contribution in [3.8, 4) is 0 Å². The van der Waals surface area contributed by atoms with E-state index < -0.39 is 0 Å². The Hall–Kier alpha value is -0.610. The average Bonchev–Trinajstić information content (AvgIpc) is 2.24. The largest absolute Gasteiger partial charge is 0.314 e. The number of hydrogen-bond acceptors (Lipinski definition) is 6. The normalized spacial score (nSPS) is 22.8. The fourth-order valence-electron chi connectivity index (χ4n) is 0.546. The van der Waals surface area contributed by atoms with Gasteiger partial charge in [0.2, 0.25) is 0 Å². The quantitative estimate of drug-likeness (QED) is 0.484. The first-order chi connectivity index (χ1) is 7.39. The molecule has 0 saturated carbocycles. The van der Waals surface area contributed by atoms with E-state index in [-0.39, 0.29) is 14.3 Å². The van der Waals surface area contributed by atoms with Crippen LogP contribution in [0.1, 0.15) is 0 Å². The Morgan fingerprint density at radius 2 is 2.00 bits per heavy atom. The van der Waals surface area contributed by atoms with E-state index in [1.807, 2.05) is 0 Å². The molecule has 0 aliphatic carbocycles. The zero-order valence-corrected chi connectivity index (χ0v) is 9.41. The van der Waals surface area contributed by atoms with Crippen molar-refractivity contribution in [3.63, 3.8) is 0 Å². The third-order valence-electron chi connectivity index (χ3n) is 1.07. The van der Waals surface area contributed by atoms with Gasteiger partial charge in [-0.3, -0.25) is 4.79 Å². The molecule has 0 radical (unpaired) electrons. The summed E-state index contributed by atoms with van der Waals surface area (Å²) in [6.07, 6.45) is 6.94. The molecule has 2 atom stereocenters. The van der Waals surface area contributed by atoms with Crippen molar-refractivity contribution in [2.45, 2.75) is 0 Å². The van der Waals surface area contributed by atoms with E-state index in [1.165, 1.54) is 24.3 Å². The second-order valence-corrected chi connectivity index (χ2v) is 4.52. The molecule has 1 aliphatic heterocycles. The van der Waals surface area contributed by atoms with Gasteiger partial charge in [-0.1, -0.05) is 11.9 Å². The highest BCUT2D eigenvalue weighted by atomic mass is 32.0. The monoisotopic (exact) mass is 250 g/mol. The first-order valence-corrected chi connectivity index (χ1v) is 6.75. The Bertz CT molecular complexity index is 275. The molecule has 0 spiro atoms. The summed E-state index contributed by atoms with van der Waals surface area (Å²) < 4.78 is 4.52. The van der Waals surface area contributed by atoms with Crippen LogP contribution in [0.2, 0.25) is 0 Å². The van der Waals surface area contributed by atoms with Crippen molar-refractivity contribution in [2.24, 2.45) is 0 Å². The number of carbonyl (C=O) groups excluding carboxylic acids is 1.